The highest BCUT2D eigenvalue weighted by Gasteiger charge is 2.04. The number of benzene rings is 1. The van der Waals surface area contributed by atoms with Gasteiger partial charge in [-0.2, -0.15) is 0 Å². The van der Waals surface area contributed by atoms with Gasteiger partial charge in [0.05, 0.1) is 6.54 Å². The molecule has 0 aliphatic heterocycles. The molecule has 0 aliphatic rings. The minimum Gasteiger partial charge on any atom is -0.384 e. The van der Waals surface area contributed by atoms with E-state index in [0.717, 1.165) is 12.4 Å². The van der Waals surface area contributed by atoms with Crippen LogP contribution >= 0.6 is 0 Å². The highest BCUT2D eigenvalue weighted by molar-refractivity contribution is 5.25. The fourth-order valence-electron chi connectivity index (χ4n) is 1.79. The Kier molecular flexibility index (Phi) is 3.89. The summed E-state index contributed by atoms with van der Waals surface area (Å²) in [6, 6.07) is 10.2. The molecule has 18 heavy (non-hydrogen) atoms. The van der Waals surface area contributed by atoms with Crippen molar-refractivity contribution in [3.8, 4) is 0 Å². The Morgan fingerprint density at radius 2 is 1.83 bits per heavy atom. The standard InChI is InChI=1S/C14H18N4/c1-11-3-5-12(6-4-11)9-18(2)10-14-16-8-7-13(15)17-14/h3-8H,9-10H2,1-2H3,(H2,15,16,17). The van der Waals surface area contributed by atoms with Gasteiger partial charge in [0.1, 0.15) is 11.6 Å². The fourth-order valence-corrected chi connectivity index (χ4v) is 1.79. The molecule has 0 radical (unpaired) electrons. The van der Waals surface area contributed by atoms with Crippen molar-refractivity contribution in [1.29, 1.82) is 0 Å². The number of hydrogen-bond acceptors (Lipinski definition) is 4. The number of nitrogen functional groups attached to an aromatic ring is 1. The Morgan fingerprint density at radius 3 is 2.50 bits per heavy atom. The van der Waals surface area contributed by atoms with Crippen LogP contribution in [0.4, 0.5) is 5.82 Å². The molecular formula is C14H18N4. The molecule has 0 bridgehead atoms. The SMILES string of the molecule is Cc1ccc(CN(C)Cc2nccc(N)n2)cc1. The minimum atomic E-state index is 0.517. The summed E-state index contributed by atoms with van der Waals surface area (Å²) >= 11 is 0. The minimum absolute atomic E-state index is 0.517. The summed E-state index contributed by atoms with van der Waals surface area (Å²) in [5.41, 5.74) is 8.20. The summed E-state index contributed by atoms with van der Waals surface area (Å²) in [6.45, 7) is 3.66. The van der Waals surface area contributed by atoms with Crippen LogP contribution in [0.15, 0.2) is 36.5 Å². The van der Waals surface area contributed by atoms with E-state index in [0.29, 0.717) is 12.4 Å². The summed E-state index contributed by atoms with van der Waals surface area (Å²) < 4.78 is 0. The summed E-state index contributed by atoms with van der Waals surface area (Å²) in [6.07, 6.45) is 1.69. The third kappa shape index (κ3) is 3.53. The van der Waals surface area contributed by atoms with Gasteiger partial charge >= 0.3 is 0 Å². The summed E-state index contributed by atoms with van der Waals surface area (Å²) in [5.74, 6) is 1.27. The summed E-state index contributed by atoms with van der Waals surface area (Å²) in [7, 11) is 2.05. The molecule has 2 rings (SSSR count). The van der Waals surface area contributed by atoms with Gasteiger partial charge in [0.25, 0.3) is 0 Å². The molecule has 1 heterocycles. The predicted octanol–water partition coefficient (Wildman–Crippen LogP) is 2.00. The topological polar surface area (TPSA) is 55.0 Å². The third-order valence-electron chi connectivity index (χ3n) is 2.71. The van der Waals surface area contributed by atoms with Gasteiger partial charge in [-0.05, 0) is 25.6 Å². The average molecular weight is 242 g/mol. The molecule has 0 amide bonds. The van der Waals surface area contributed by atoms with E-state index in [2.05, 4.69) is 46.1 Å². The first kappa shape index (κ1) is 12.5. The zero-order valence-corrected chi connectivity index (χ0v) is 10.8. The molecule has 0 saturated heterocycles. The molecule has 0 aliphatic carbocycles. The molecule has 0 unspecified atom stereocenters. The second-order valence-electron chi connectivity index (χ2n) is 4.56. The lowest BCUT2D eigenvalue weighted by Crippen LogP contribution is -2.19. The van der Waals surface area contributed by atoms with Crippen molar-refractivity contribution in [2.75, 3.05) is 12.8 Å². The van der Waals surface area contributed by atoms with E-state index in [1.165, 1.54) is 11.1 Å². The number of nitrogens with two attached hydrogens (primary N) is 1. The molecule has 4 nitrogen and oxygen atoms in total. The third-order valence-corrected chi connectivity index (χ3v) is 2.71. The maximum Gasteiger partial charge on any atom is 0.144 e. The van der Waals surface area contributed by atoms with Crippen LogP contribution in [0.5, 0.6) is 0 Å². The van der Waals surface area contributed by atoms with Crippen molar-refractivity contribution in [2.24, 2.45) is 0 Å². The molecule has 0 atom stereocenters. The normalized spacial score (nSPS) is 10.8. The molecule has 1 aromatic heterocycles. The van der Waals surface area contributed by atoms with Crippen molar-refractivity contribution in [3.63, 3.8) is 0 Å². The first-order chi connectivity index (χ1) is 8.63. The van der Waals surface area contributed by atoms with Crippen LogP contribution in [0.2, 0.25) is 0 Å². The lowest BCUT2D eigenvalue weighted by molar-refractivity contribution is 0.310. The van der Waals surface area contributed by atoms with Crippen molar-refractivity contribution >= 4 is 5.82 Å². The maximum atomic E-state index is 5.63. The van der Waals surface area contributed by atoms with Crippen LogP contribution in [0.3, 0.4) is 0 Å². The van der Waals surface area contributed by atoms with Crippen molar-refractivity contribution in [1.82, 2.24) is 14.9 Å². The number of aromatic nitrogens is 2. The number of hydrogen-bond donors (Lipinski definition) is 1. The van der Waals surface area contributed by atoms with Gasteiger partial charge in [-0.25, -0.2) is 9.97 Å². The summed E-state index contributed by atoms with van der Waals surface area (Å²) in [5, 5.41) is 0. The highest BCUT2D eigenvalue weighted by Crippen LogP contribution is 2.07. The van der Waals surface area contributed by atoms with E-state index in [9.17, 15) is 0 Å². The van der Waals surface area contributed by atoms with Gasteiger partial charge in [-0.1, -0.05) is 29.8 Å². The molecule has 0 saturated carbocycles. The van der Waals surface area contributed by atoms with Crippen LogP contribution in [0.25, 0.3) is 0 Å². The van der Waals surface area contributed by atoms with Crippen molar-refractivity contribution < 1.29 is 0 Å². The molecule has 94 valence electrons. The van der Waals surface area contributed by atoms with E-state index in [-0.39, 0.29) is 0 Å². The monoisotopic (exact) mass is 242 g/mol. The van der Waals surface area contributed by atoms with E-state index in [4.69, 9.17) is 5.73 Å². The molecule has 2 aromatic rings. The van der Waals surface area contributed by atoms with Gasteiger partial charge in [0.2, 0.25) is 0 Å². The first-order valence-electron chi connectivity index (χ1n) is 5.95. The van der Waals surface area contributed by atoms with E-state index >= 15 is 0 Å². The van der Waals surface area contributed by atoms with Crippen molar-refractivity contribution in [3.05, 3.63) is 53.5 Å². The Hall–Kier alpha value is -1.94. The number of aryl methyl sites for hydroxylation is 1. The second-order valence-corrected chi connectivity index (χ2v) is 4.56. The van der Waals surface area contributed by atoms with Crippen LogP contribution in [0.1, 0.15) is 17.0 Å². The Morgan fingerprint density at radius 1 is 1.11 bits per heavy atom. The Labute approximate surface area is 107 Å². The molecule has 1 aromatic carbocycles. The largest absolute Gasteiger partial charge is 0.384 e. The van der Waals surface area contributed by atoms with Gasteiger partial charge in [0, 0.05) is 12.7 Å². The molecular weight excluding hydrogens is 224 g/mol. The lowest BCUT2D eigenvalue weighted by Gasteiger charge is -2.15. The van der Waals surface area contributed by atoms with Gasteiger partial charge in [0.15, 0.2) is 0 Å². The molecule has 0 fully saturated rings. The predicted molar refractivity (Wildman–Crippen MR) is 72.8 cm³/mol. The maximum absolute atomic E-state index is 5.63. The number of rotatable bonds is 4. The average Bonchev–Trinajstić information content (AvgIpc) is 2.32. The smallest absolute Gasteiger partial charge is 0.144 e. The van der Waals surface area contributed by atoms with E-state index < -0.39 is 0 Å². The van der Waals surface area contributed by atoms with E-state index in [1.54, 1.807) is 12.3 Å². The number of anilines is 1. The number of nitrogens with zero attached hydrogens (tertiary/aromatic N) is 3. The zero-order valence-electron chi connectivity index (χ0n) is 10.8. The van der Waals surface area contributed by atoms with Crippen LogP contribution in [0, 0.1) is 6.92 Å². The zero-order chi connectivity index (χ0) is 13.0. The van der Waals surface area contributed by atoms with Gasteiger partial charge < -0.3 is 5.73 Å². The summed E-state index contributed by atoms with van der Waals surface area (Å²) in [4.78, 5) is 10.6. The van der Waals surface area contributed by atoms with Gasteiger partial charge in [-0.15, -0.1) is 0 Å². The quantitative estimate of drug-likeness (QED) is 0.891. The molecule has 0 spiro atoms. The van der Waals surface area contributed by atoms with Crippen LogP contribution in [-0.2, 0) is 13.1 Å². The van der Waals surface area contributed by atoms with E-state index in [1.807, 2.05) is 7.05 Å². The molecule has 2 N–H and O–H groups in total. The Balaban J connectivity index is 1.96. The Bertz CT molecular complexity index is 507. The molecule has 4 heteroatoms. The van der Waals surface area contributed by atoms with Crippen LogP contribution < -0.4 is 5.73 Å². The highest BCUT2D eigenvalue weighted by atomic mass is 15.1. The first-order valence-corrected chi connectivity index (χ1v) is 5.95. The van der Waals surface area contributed by atoms with Gasteiger partial charge in [-0.3, -0.25) is 4.90 Å². The van der Waals surface area contributed by atoms with Crippen molar-refractivity contribution in [2.45, 2.75) is 20.0 Å². The van der Waals surface area contributed by atoms with Crippen LogP contribution in [-0.4, -0.2) is 21.9 Å². The second kappa shape index (κ2) is 5.60. The fraction of sp³-hybridized carbons (Fsp3) is 0.286. The lowest BCUT2D eigenvalue weighted by atomic mass is 10.1.